The van der Waals surface area contributed by atoms with Gasteiger partial charge in [0.2, 0.25) is 0 Å². The summed E-state index contributed by atoms with van der Waals surface area (Å²) in [7, 11) is 0. The summed E-state index contributed by atoms with van der Waals surface area (Å²) < 4.78 is 9.20. The molecule has 5 heteroatoms. The van der Waals surface area contributed by atoms with Crippen LogP contribution in [-0.2, 0) is 0 Å². The third kappa shape index (κ3) is 5.37. The molecule has 0 atom stereocenters. The molecular weight excluding hydrogens is 685 g/mol. The molecule has 0 saturated carbocycles. The lowest BCUT2D eigenvalue weighted by Gasteiger charge is -2.09. The van der Waals surface area contributed by atoms with E-state index in [1.54, 1.807) is 0 Å². The minimum absolute atomic E-state index is 0.587. The summed E-state index contributed by atoms with van der Waals surface area (Å²) in [5.74, 6) is 1.82. The highest BCUT2D eigenvalue weighted by molar-refractivity contribution is 6.24. The van der Waals surface area contributed by atoms with Crippen LogP contribution in [-0.4, -0.2) is 19.5 Å². The van der Waals surface area contributed by atoms with Gasteiger partial charge in [-0.25, -0.2) is 15.0 Å². The average molecular weight is 717 g/mol. The maximum atomic E-state index is 6.86. The second-order valence-corrected chi connectivity index (χ2v) is 14.0. The van der Waals surface area contributed by atoms with E-state index in [2.05, 4.69) is 156 Å². The molecule has 56 heavy (non-hydrogen) atoms. The van der Waals surface area contributed by atoms with Crippen molar-refractivity contribution in [2.75, 3.05) is 0 Å². The van der Waals surface area contributed by atoms with Crippen LogP contribution in [0.25, 0.3) is 106 Å². The van der Waals surface area contributed by atoms with E-state index in [0.29, 0.717) is 17.5 Å². The Kier molecular flexibility index (Phi) is 7.42. The minimum atomic E-state index is 0.587. The number of para-hydroxylation sites is 1. The largest absolute Gasteiger partial charge is 0.455 e. The smallest absolute Gasteiger partial charge is 0.164 e. The first-order valence-electron chi connectivity index (χ1n) is 18.8. The van der Waals surface area contributed by atoms with E-state index in [1.165, 1.54) is 16.7 Å². The molecule has 0 fully saturated rings. The standard InChI is InChI=1S/C51H32N4O/c1-4-12-33(13-5-1)35-20-22-38(23-21-35)50-52-49(37-16-8-3-9-17-37)53-51(54-50)39-26-29-41-42-30-31-45-47(48(42)56-46(41)32-39)43-18-10-11-19-44(43)55(45)40-27-24-36(25-28-40)34-14-6-2-7-15-34/h1-32H. The molecule has 11 aromatic rings. The van der Waals surface area contributed by atoms with Gasteiger partial charge in [-0.05, 0) is 64.7 Å². The second kappa shape index (κ2) is 13.0. The van der Waals surface area contributed by atoms with Crippen molar-refractivity contribution in [2.24, 2.45) is 0 Å². The lowest BCUT2D eigenvalue weighted by molar-refractivity contribution is 0.673. The fourth-order valence-corrected chi connectivity index (χ4v) is 7.93. The molecule has 0 aliphatic heterocycles. The second-order valence-electron chi connectivity index (χ2n) is 14.0. The molecule has 0 radical (unpaired) electrons. The first-order valence-corrected chi connectivity index (χ1v) is 18.8. The summed E-state index contributed by atoms with van der Waals surface area (Å²) in [6.45, 7) is 0. The predicted octanol–water partition coefficient (Wildman–Crippen LogP) is 13.2. The summed E-state index contributed by atoms with van der Waals surface area (Å²) in [5, 5.41) is 4.35. The van der Waals surface area contributed by atoms with E-state index in [9.17, 15) is 0 Å². The van der Waals surface area contributed by atoms with E-state index in [1.807, 2.05) is 42.5 Å². The number of furan rings is 1. The third-order valence-corrected chi connectivity index (χ3v) is 10.7. The van der Waals surface area contributed by atoms with E-state index in [4.69, 9.17) is 19.4 Å². The van der Waals surface area contributed by atoms with Crippen molar-refractivity contribution in [3.63, 3.8) is 0 Å². The maximum absolute atomic E-state index is 6.86. The summed E-state index contributed by atoms with van der Waals surface area (Å²) in [6, 6.07) is 67.4. The Balaban J connectivity index is 1.04. The highest BCUT2D eigenvalue weighted by atomic mass is 16.3. The first kappa shape index (κ1) is 31.9. The Morgan fingerprint density at radius 1 is 0.339 bits per heavy atom. The van der Waals surface area contributed by atoms with Crippen LogP contribution < -0.4 is 0 Å². The maximum Gasteiger partial charge on any atom is 0.164 e. The van der Waals surface area contributed by atoms with Crippen LogP contribution in [0.1, 0.15) is 0 Å². The van der Waals surface area contributed by atoms with Crippen molar-refractivity contribution in [1.82, 2.24) is 19.5 Å². The van der Waals surface area contributed by atoms with Gasteiger partial charge in [0.25, 0.3) is 0 Å². The van der Waals surface area contributed by atoms with Crippen LogP contribution in [0.15, 0.2) is 199 Å². The van der Waals surface area contributed by atoms with Crippen molar-refractivity contribution in [2.45, 2.75) is 0 Å². The van der Waals surface area contributed by atoms with E-state index in [0.717, 1.165) is 71.7 Å². The van der Waals surface area contributed by atoms with Crippen LogP contribution in [0.5, 0.6) is 0 Å². The van der Waals surface area contributed by atoms with Gasteiger partial charge in [0.1, 0.15) is 11.2 Å². The summed E-state index contributed by atoms with van der Waals surface area (Å²) in [4.78, 5) is 15.0. The van der Waals surface area contributed by atoms with Gasteiger partial charge in [0.05, 0.1) is 16.4 Å². The Morgan fingerprint density at radius 3 is 1.45 bits per heavy atom. The molecular formula is C51H32N4O. The summed E-state index contributed by atoms with van der Waals surface area (Å²) in [6.07, 6.45) is 0. The van der Waals surface area contributed by atoms with Gasteiger partial charge >= 0.3 is 0 Å². The number of fused-ring (bicyclic) bond motifs is 7. The number of nitrogens with zero attached hydrogens (tertiary/aromatic N) is 4. The number of rotatable bonds is 6. The van der Waals surface area contributed by atoms with E-state index >= 15 is 0 Å². The molecule has 3 aromatic heterocycles. The average Bonchev–Trinajstić information content (AvgIpc) is 3.83. The van der Waals surface area contributed by atoms with Crippen LogP contribution >= 0.6 is 0 Å². The van der Waals surface area contributed by atoms with Crippen LogP contribution in [0, 0.1) is 0 Å². The number of hydrogen-bond donors (Lipinski definition) is 0. The van der Waals surface area contributed by atoms with Gasteiger partial charge in [0.15, 0.2) is 17.5 Å². The summed E-state index contributed by atoms with van der Waals surface area (Å²) in [5.41, 5.74) is 12.4. The predicted molar refractivity (Wildman–Crippen MR) is 229 cm³/mol. The Labute approximate surface area is 322 Å². The summed E-state index contributed by atoms with van der Waals surface area (Å²) >= 11 is 0. The normalized spacial score (nSPS) is 11.6. The molecule has 0 N–H and O–H groups in total. The van der Waals surface area contributed by atoms with Gasteiger partial charge in [-0.3, -0.25) is 0 Å². The Hall–Kier alpha value is -7.63. The van der Waals surface area contributed by atoms with Crippen molar-refractivity contribution in [3.05, 3.63) is 194 Å². The lowest BCUT2D eigenvalue weighted by atomic mass is 10.0. The fourth-order valence-electron chi connectivity index (χ4n) is 7.93. The zero-order chi connectivity index (χ0) is 37.0. The Morgan fingerprint density at radius 2 is 0.804 bits per heavy atom. The third-order valence-electron chi connectivity index (χ3n) is 10.7. The molecule has 0 aliphatic rings. The Bertz CT molecular complexity index is 3200. The zero-order valence-corrected chi connectivity index (χ0v) is 30.2. The van der Waals surface area contributed by atoms with Crippen molar-refractivity contribution in [3.8, 4) is 62.1 Å². The van der Waals surface area contributed by atoms with E-state index in [-0.39, 0.29) is 0 Å². The number of aromatic nitrogens is 4. The highest BCUT2D eigenvalue weighted by Crippen LogP contribution is 2.41. The molecule has 3 heterocycles. The van der Waals surface area contributed by atoms with Crippen molar-refractivity contribution < 1.29 is 4.42 Å². The molecule has 5 nitrogen and oxygen atoms in total. The van der Waals surface area contributed by atoms with Crippen molar-refractivity contribution in [1.29, 1.82) is 0 Å². The monoisotopic (exact) mass is 716 g/mol. The molecule has 262 valence electrons. The number of hydrogen-bond acceptors (Lipinski definition) is 4. The number of benzene rings is 8. The highest BCUT2D eigenvalue weighted by Gasteiger charge is 2.20. The zero-order valence-electron chi connectivity index (χ0n) is 30.2. The SMILES string of the molecule is c1ccc(-c2ccc(-c3nc(-c4ccccc4)nc(-c4ccc5c(c4)oc4c5ccc5c4c4ccccc4n5-c4ccc(-c5ccccc5)cc4)n3)cc2)cc1. The molecule has 0 spiro atoms. The molecule has 0 bridgehead atoms. The van der Waals surface area contributed by atoms with Gasteiger partial charge in [-0.15, -0.1) is 0 Å². The van der Waals surface area contributed by atoms with E-state index < -0.39 is 0 Å². The van der Waals surface area contributed by atoms with Gasteiger partial charge < -0.3 is 8.98 Å². The first-order chi connectivity index (χ1) is 27.7. The van der Waals surface area contributed by atoms with Gasteiger partial charge in [-0.1, -0.05) is 152 Å². The van der Waals surface area contributed by atoms with Gasteiger partial charge in [0, 0.05) is 38.5 Å². The van der Waals surface area contributed by atoms with Crippen LogP contribution in [0.4, 0.5) is 0 Å². The quantitative estimate of drug-likeness (QED) is 0.172. The van der Waals surface area contributed by atoms with Crippen LogP contribution in [0.3, 0.4) is 0 Å². The molecule has 0 amide bonds. The van der Waals surface area contributed by atoms with Crippen molar-refractivity contribution >= 4 is 43.7 Å². The topological polar surface area (TPSA) is 56.7 Å². The minimum Gasteiger partial charge on any atom is -0.455 e. The van der Waals surface area contributed by atoms with Crippen LogP contribution in [0.2, 0.25) is 0 Å². The molecule has 11 rings (SSSR count). The molecule has 0 unspecified atom stereocenters. The van der Waals surface area contributed by atoms with Gasteiger partial charge in [-0.2, -0.15) is 0 Å². The fraction of sp³-hybridized carbons (Fsp3) is 0. The molecule has 8 aromatic carbocycles. The lowest BCUT2D eigenvalue weighted by Crippen LogP contribution is -2.00. The molecule has 0 aliphatic carbocycles. The molecule has 0 saturated heterocycles.